The highest BCUT2D eigenvalue weighted by atomic mass is 16.5. The van der Waals surface area contributed by atoms with Crippen molar-refractivity contribution >= 4 is 17.7 Å². The molecule has 0 N–H and O–H groups in total. The highest BCUT2D eigenvalue weighted by Crippen LogP contribution is 2.28. The molecule has 0 aliphatic carbocycles. The van der Waals surface area contributed by atoms with E-state index in [1.807, 2.05) is 6.07 Å². The van der Waals surface area contributed by atoms with Crippen molar-refractivity contribution in [1.29, 1.82) is 0 Å². The summed E-state index contributed by atoms with van der Waals surface area (Å²) in [5, 5.41) is 0. The topological polar surface area (TPSA) is 59.5 Å². The lowest BCUT2D eigenvalue weighted by atomic mass is 10.2. The first kappa shape index (κ1) is 10.6. The molecule has 2 rings (SSSR count). The number of aromatic nitrogens is 1. The molecule has 1 amide bonds. The summed E-state index contributed by atoms with van der Waals surface area (Å²) in [6.45, 7) is 3.45. The van der Waals surface area contributed by atoms with E-state index in [4.69, 9.17) is 4.74 Å². The van der Waals surface area contributed by atoms with Crippen LogP contribution in [0.1, 0.15) is 19.4 Å². The van der Waals surface area contributed by atoms with Gasteiger partial charge in [-0.25, -0.2) is 0 Å². The monoisotopic (exact) mass is 220 g/mol. The molecule has 1 aliphatic heterocycles. The van der Waals surface area contributed by atoms with Crippen LogP contribution in [0.4, 0.5) is 5.82 Å². The van der Waals surface area contributed by atoms with Crippen LogP contribution in [0.2, 0.25) is 0 Å². The zero-order chi connectivity index (χ0) is 11.7. The van der Waals surface area contributed by atoms with Crippen molar-refractivity contribution in [1.82, 2.24) is 4.98 Å². The minimum atomic E-state index is -0.417. The Bertz CT molecular complexity index is 457. The van der Waals surface area contributed by atoms with Crippen LogP contribution in [-0.2, 0) is 16.0 Å². The molecule has 0 saturated carbocycles. The molecule has 84 valence electrons. The number of carbonyl (C=O) groups is 2. The standard InChI is InChI=1S/C11H12N2O3/c1-7(14)13-6-5-9-3-4-10(12-11(9)13)16-8(2)15/h3-4H,5-6H2,1-2H3. The van der Waals surface area contributed by atoms with Crippen LogP contribution in [0.5, 0.6) is 5.88 Å². The minimum absolute atomic E-state index is 0.0498. The SMILES string of the molecule is CC(=O)Oc1ccc2c(n1)N(C(C)=O)CC2. The van der Waals surface area contributed by atoms with Gasteiger partial charge in [-0.05, 0) is 18.1 Å². The van der Waals surface area contributed by atoms with Gasteiger partial charge in [-0.3, -0.25) is 14.5 Å². The molecule has 5 nitrogen and oxygen atoms in total. The van der Waals surface area contributed by atoms with E-state index < -0.39 is 5.97 Å². The molecule has 0 radical (unpaired) electrons. The average molecular weight is 220 g/mol. The fraction of sp³-hybridized carbons (Fsp3) is 0.364. The summed E-state index contributed by atoms with van der Waals surface area (Å²) in [6.07, 6.45) is 0.794. The molecule has 1 aromatic rings. The lowest BCUT2D eigenvalue weighted by molar-refractivity contribution is -0.132. The average Bonchev–Trinajstić information content (AvgIpc) is 2.59. The third kappa shape index (κ3) is 1.88. The molecule has 0 bridgehead atoms. The van der Waals surface area contributed by atoms with Gasteiger partial charge >= 0.3 is 5.97 Å². The van der Waals surface area contributed by atoms with E-state index in [9.17, 15) is 9.59 Å². The third-order valence-electron chi connectivity index (χ3n) is 2.42. The molecule has 0 saturated heterocycles. The number of rotatable bonds is 1. The summed E-state index contributed by atoms with van der Waals surface area (Å²) in [5.74, 6) is 0.372. The van der Waals surface area contributed by atoms with Crippen molar-refractivity contribution in [3.8, 4) is 5.88 Å². The van der Waals surface area contributed by atoms with Crippen molar-refractivity contribution in [2.45, 2.75) is 20.3 Å². The largest absolute Gasteiger partial charge is 0.408 e. The maximum absolute atomic E-state index is 11.3. The normalized spacial score (nSPS) is 13.5. The van der Waals surface area contributed by atoms with Gasteiger partial charge in [0.15, 0.2) is 0 Å². The van der Waals surface area contributed by atoms with E-state index >= 15 is 0 Å². The third-order valence-corrected chi connectivity index (χ3v) is 2.42. The van der Waals surface area contributed by atoms with Gasteiger partial charge < -0.3 is 4.74 Å². The summed E-state index contributed by atoms with van der Waals surface area (Å²) in [7, 11) is 0. The number of carbonyl (C=O) groups excluding carboxylic acids is 2. The Morgan fingerprint density at radius 2 is 2.12 bits per heavy atom. The quantitative estimate of drug-likeness (QED) is 0.660. The number of hydrogen-bond donors (Lipinski definition) is 0. The number of nitrogens with zero attached hydrogens (tertiary/aromatic N) is 2. The number of fused-ring (bicyclic) bond motifs is 1. The first-order valence-electron chi connectivity index (χ1n) is 5.04. The fourth-order valence-electron chi connectivity index (χ4n) is 1.74. The smallest absolute Gasteiger partial charge is 0.309 e. The van der Waals surface area contributed by atoms with Gasteiger partial charge in [0.1, 0.15) is 5.82 Å². The zero-order valence-corrected chi connectivity index (χ0v) is 9.19. The predicted octanol–water partition coefficient (Wildman–Crippen LogP) is 0.916. The van der Waals surface area contributed by atoms with E-state index in [1.54, 1.807) is 11.0 Å². The molecule has 2 heterocycles. The highest BCUT2D eigenvalue weighted by molar-refractivity contribution is 5.92. The van der Waals surface area contributed by atoms with E-state index in [2.05, 4.69) is 4.98 Å². The predicted molar refractivity (Wildman–Crippen MR) is 57.3 cm³/mol. The van der Waals surface area contributed by atoms with Crippen LogP contribution in [-0.4, -0.2) is 23.4 Å². The number of amides is 1. The van der Waals surface area contributed by atoms with E-state index in [1.165, 1.54) is 13.8 Å². The van der Waals surface area contributed by atoms with Crippen molar-refractivity contribution in [2.75, 3.05) is 11.4 Å². The first-order chi connectivity index (χ1) is 7.58. The molecule has 1 aromatic heterocycles. The Balaban J connectivity index is 2.33. The molecule has 0 fully saturated rings. The summed E-state index contributed by atoms with van der Waals surface area (Å²) in [4.78, 5) is 27.9. The van der Waals surface area contributed by atoms with Gasteiger partial charge in [-0.2, -0.15) is 4.98 Å². The second-order valence-electron chi connectivity index (χ2n) is 3.65. The van der Waals surface area contributed by atoms with E-state index in [-0.39, 0.29) is 11.8 Å². The van der Waals surface area contributed by atoms with E-state index in [0.717, 1.165) is 12.0 Å². The number of anilines is 1. The van der Waals surface area contributed by atoms with Crippen molar-refractivity contribution in [3.05, 3.63) is 17.7 Å². The second-order valence-corrected chi connectivity index (χ2v) is 3.65. The number of ether oxygens (including phenoxy) is 1. The highest BCUT2D eigenvalue weighted by Gasteiger charge is 2.24. The molecule has 5 heteroatoms. The van der Waals surface area contributed by atoms with Crippen LogP contribution < -0.4 is 9.64 Å². The van der Waals surface area contributed by atoms with Crippen LogP contribution in [0.25, 0.3) is 0 Å². The lowest BCUT2D eigenvalue weighted by Crippen LogP contribution is -2.26. The maximum Gasteiger partial charge on any atom is 0.309 e. The lowest BCUT2D eigenvalue weighted by Gasteiger charge is -2.13. The second kappa shape index (κ2) is 3.92. The molecule has 0 spiro atoms. The number of hydrogen-bond acceptors (Lipinski definition) is 4. The Morgan fingerprint density at radius 1 is 1.38 bits per heavy atom. The van der Waals surface area contributed by atoms with Crippen LogP contribution in [0, 0.1) is 0 Å². The Morgan fingerprint density at radius 3 is 2.75 bits per heavy atom. The van der Waals surface area contributed by atoms with Crippen molar-refractivity contribution in [2.24, 2.45) is 0 Å². The molecule has 1 aliphatic rings. The van der Waals surface area contributed by atoms with Crippen LogP contribution >= 0.6 is 0 Å². The van der Waals surface area contributed by atoms with Gasteiger partial charge in [0.25, 0.3) is 0 Å². The molecular formula is C11H12N2O3. The van der Waals surface area contributed by atoms with Crippen LogP contribution in [0.15, 0.2) is 12.1 Å². The minimum Gasteiger partial charge on any atom is -0.408 e. The van der Waals surface area contributed by atoms with Gasteiger partial charge in [0, 0.05) is 26.5 Å². The fourth-order valence-corrected chi connectivity index (χ4v) is 1.74. The molecular weight excluding hydrogens is 208 g/mol. The Labute approximate surface area is 93.0 Å². The molecule has 16 heavy (non-hydrogen) atoms. The summed E-state index contributed by atoms with van der Waals surface area (Å²) < 4.78 is 4.88. The maximum atomic E-state index is 11.3. The first-order valence-corrected chi connectivity index (χ1v) is 5.04. The number of esters is 1. The summed E-state index contributed by atoms with van der Waals surface area (Å²) in [5.41, 5.74) is 1.01. The van der Waals surface area contributed by atoms with Gasteiger partial charge in [0.2, 0.25) is 11.8 Å². The summed E-state index contributed by atoms with van der Waals surface area (Å²) in [6, 6.07) is 3.48. The molecule has 0 atom stereocenters. The van der Waals surface area contributed by atoms with Gasteiger partial charge in [-0.15, -0.1) is 0 Å². The van der Waals surface area contributed by atoms with Gasteiger partial charge in [-0.1, -0.05) is 0 Å². The number of pyridine rings is 1. The Hall–Kier alpha value is -1.91. The molecule has 0 aromatic carbocycles. The van der Waals surface area contributed by atoms with Crippen molar-refractivity contribution < 1.29 is 14.3 Å². The summed E-state index contributed by atoms with van der Waals surface area (Å²) >= 11 is 0. The Kier molecular flexibility index (Phi) is 2.60. The van der Waals surface area contributed by atoms with Crippen LogP contribution in [0.3, 0.4) is 0 Å². The van der Waals surface area contributed by atoms with Crippen molar-refractivity contribution in [3.63, 3.8) is 0 Å². The van der Waals surface area contributed by atoms with E-state index in [0.29, 0.717) is 12.4 Å². The molecule has 0 unspecified atom stereocenters. The zero-order valence-electron chi connectivity index (χ0n) is 9.19. The van der Waals surface area contributed by atoms with Gasteiger partial charge in [0.05, 0.1) is 0 Å².